The van der Waals surface area contributed by atoms with Crippen molar-refractivity contribution in [3.8, 4) is 0 Å². The topological polar surface area (TPSA) is 82.0 Å². The molecule has 1 aromatic rings. The van der Waals surface area contributed by atoms with E-state index in [1.165, 1.54) is 0 Å². The summed E-state index contributed by atoms with van der Waals surface area (Å²) in [5.74, 6) is -0.487. The summed E-state index contributed by atoms with van der Waals surface area (Å²) in [7, 11) is 0. The Balaban J connectivity index is 2.58. The first kappa shape index (κ1) is 8.67. The molecule has 12 heavy (non-hydrogen) atoms. The molecule has 4 N–H and O–H groups in total. The van der Waals surface area contributed by atoms with Crippen LogP contribution in [0, 0.1) is 0 Å². The van der Waals surface area contributed by atoms with Crippen molar-refractivity contribution in [2.75, 3.05) is 0 Å². The molecule has 0 aliphatic rings. The van der Waals surface area contributed by atoms with Gasteiger partial charge in [0, 0.05) is 12.4 Å². The number of primary amides is 1. The van der Waals surface area contributed by atoms with Crippen molar-refractivity contribution in [1.82, 2.24) is 4.98 Å². The highest BCUT2D eigenvalue weighted by Crippen LogP contribution is 1.98. The minimum atomic E-state index is -0.616. The van der Waals surface area contributed by atoms with Gasteiger partial charge < -0.3 is 11.5 Å². The third-order valence-corrected chi connectivity index (χ3v) is 1.54. The van der Waals surface area contributed by atoms with E-state index in [1.54, 1.807) is 18.5 Å². The monoisotopic (exact) mass is 165 g/mol. The number of carbonyl (C=O) groups excluding carboxylic acids is 1. The molecule has 0 radical (unpaired) electrons. The number of amides is 1. The fourth-order valence-corrected chi connectivity index (χ4v) is 0.873. The Hall–Kier alpha value is -1.42. The van der Waals surface area contributed by atoms with E-state index in [0.717, 1.165) is 5.56 Å². The van der Waals surface area contributed by atoms with E-state index >= 15 is 0 Å². The predicted octanol–water partition coefficient (Wildman–Crippen LogP) is -0.563. The van der Waals surface area contributed by atoms with E-state index in [1.807, 2.05) is 6.07 Å². The summed E-state index contributed by atoms with van der Waals surface area (Å²) in [5, 5.41) is 0. The van der Waals surface area contributed by atoms with E-state index in [9.17, 15) is 4.79 Å². The third-order valence-electron chi connectivity index (χ3n) is 1.54. The van der Waals surface area contributed by atoms with E-state index in [2.05, 4.69) is 4.98 Å². The first-order chi connectivity index (χ1) is 5.70. The summed E-state index contributed by atoms with van der Waals surface area (Å²) < 4.78 is 0. The molecular formula is C8H11N3O. The van der Waals surface area contributed by atoms with Crippen LogP contribution in [0.25, 0.3) is 0 Å². The van der Waals surface area contributed by atoms with Crippen molar-refractivity contribution < 1.29 is 4.79 Å². The molecule has 1 atom stereocenters. The smallest absolute Gasteiger partial charge is 0.234 e. The zero-order chi connectivity index (χ0) is 8.97. The highest BCUT2D eigenvalue weighted by atomic mass is 16.1. The minimum absolute atomic E-state index is 0.448. The van der Waals surface area contributed by atoms with Gasteiger partial charge in [-0.15, -0.1) is 0 Å². The fraction of sp³-hybridized carbons (Fsp3) is 0.250. The Kier molecular flexibility index (Phi) is 2.76. The highest BCUT2D eigenvalue weighted by molar-refractivity contribution is 5.79. The molecule has 0 fully saturated rings. The van der Waals surface area contributed by atoms with Crippen molar-refractivity contribution in [3.05, 3.63) is 30.1 Å². The van der Waals surface area contributed by atoms with E-state index in [4.69, 9.17) is 11.5 Å². The van der Waals surface area contributed by atoms with Gasteiger partial charge in [-0.05, 0) is 18.1 Å². The van der Waals surface area contributed by atoms with Gasteiger partial charge in [-0.1, -0.05) is 6.07 Å². The van der Waals surface area contributed by atoms with Crippen LogP contribution in [0.5, 0.6) is 0 Å². The number of aromatic nitrogens is 1. The van der Waals surface area contributed by atoms with Gasteiger partial charge in [0.15, 0.2) is 0 Å². The maximum atomic E-state index is 10.6. The van der Waals surface area contributed by atoms with Gasteiger partial charge in [0.1, 0.15) is 0 Å². The standard InChI is InChI=1S/C8H11N3O/c9-7(8(10)12)4-6-2-1-3-11-5-6/h1-3,5,7H,4,9H2,(H2,10,12). The van der Waals surface area contributed by atoms with Crippen LogP contribution in [-0.2, 0) is 11.2 Å². The Bertz CT molecular complexity index is 260. The molecule has 4 nitrogen and oxygen atoms in total. The second-order valence-electron chi connectivity index (χ2n) is 2.57. The molecule has 1 rings (SSSR count). The number of nitrogens with two attached hydrogens (primary N) is 2. The minimum Gasteiger partial charge on any atom is -0.368 e. The van der Waals surface area contributed by atoms with Crippen LogP contribution in [0.2, 0.25) is 0 Å². The van der Waals surface area contributed by atoms with Crippen LogP contribution in [0.4, 0.5) is 0 Å². The molecule has 1 amide bonds. The molecule has 0 saturated heterocycles. The van der Waals surface area contributed by atoms with Crippen LogP contribution in [0.3, 0.4) is 0 Å². The van der Waals surface area contributed by atoms with Crippen molar-refractivity contribution in [1.29, 1.82) is 0 Å². The van der Waals surface area contributed by atoms with Gasteiger partial charge in [0.05, 0.1) is 6.04 Å². The van der Waals surface area contributed by atoms with Crippen LogP contribution >= 0.6 is 0 Å². The molecular weight excluding hydrogens is 154 g/mol. The van der Waals surface area contributed by atoms with E-state index in [-0.39, 0.29) is 0 Å². The van der Waals surface area contributed by atoms with Gasteiger partial charge >= 0.3 is 0 Å². The van der Waals surface area contributed by atoms with Gasteiger partial charge in [-0.25, -0.2) is 0 Å². The number of hydrogen-bond donors (Lipinski definition) is 2. The summed E-state index contributed by atoms with van der Waals surface area (Å²) in [4.78, 5) is 14.5. The highest BCUT2D eigenvalue weighted by Gasteiger charge is 2.09. The SMILES string of the molecule is NC(=O)C(N)Cc1cccnc1. The number of carbonyl (C=O) groups is 1. The largest absolute Gasteiger partial charge is 0.368 e. The van der Waals surface area contributed by atoms with Crippen LogP contribution < -0.4 is 11.5 Å². The molecule has 0 bridgehead atoms. The summed E-state index contributed by atoms with van der Waals surface area (Å²) in [6, 6.07) is 3.04. The Morgan fingerprint density at radius 3 is 2.92 bits per heavy atom. The molecule has 0 aliphatic carbocycles. The van der Waals surface area contributed by atoms with Gasteiger partial charge in [0.2, 0.25) is 5.91 Å². The summed E-state index contributed by atoms with van der Waals surface area (Å²) in [5.41, 5.74) is 11.4. The van der Waals surface area contributed by atoms with Crippen molar-refractivity contribution in [3.63, 3.8) is 0 Å². The predicted molar refractivity (Wildman–Crippen MR) is 45.1 cm³/mol. The number of nitrogens with zero attached hydrogens (tertiary/aromatic N) is 1. The second kappa shape index (κ2) is 3.82. The lowest BCUT2D eigenvalue weighted by Gasteiger charge is -2.05. The van der Waals surface area contributed by atoms with Gasteiger partial charge in [-0.2, -0.15) is 0 Å². The van der Waals surface area contributed by atoms with Crippen LogP contribution in [0.1, 0.15) is 5.56 Å². The molecule has 1 aromatic heterocycles. The van der Waals surface area contributed by atoms with Gasteiger partial charge in [-0.3, -0.25) is 9.78 Å². The molecule has 64 valence electrons. The molecule has 0 aromatic carbocycles. The zero-order valence-electron chi connectivity index (χ0n) is 6.60. The molecule has 4 heteroatoms. The number of pyridine rings is 1. The van der Waals surface area contributed by atoms with Gasteiger partial charge in [0.25, 0.3) is 0 Å². The fourth-order valence-electron chi connectivity index (χ4n) is 0.873. The number of rotatable bonds is 3. The maximum absolute atomic E-state index is 10.6. The zero-order valence-corrected chi connectivity index (χ0v) is 6.60. The lowest BCUT2D eigenvalue weighted by atomic mass is 10.1. The Labute approximate surface area is 70.6 Å². The van der Waals surface area contributed by atoms with Crippen molar-refractivity contribution >= 4 is 5.91 Å². The Morgan fingerprint density at radius 1 is 1.67 bits per heavy atom. The second-order valence-corrected chi connectivity index (χ2v) is 2.57. The van der Waals surface area contributed by atoms with Crippen LogP contribution in [-0.4, -0.2) is 16.9 Å². The maximum Gasteiger partial charge on any atom is 0.234 e. The summed E-state index contributed by atoms with van der Waals surface area (Å²) >= 11 is 0. The summed E-state index contributed by atoms with van der Waals surface area (Å²) in [6.45, 7) is 0. The van der Waals surface area contributed by atoms with Crippen molar-refractivity contribution in [2.45, 2.75) is 12.5 Å². The third kappa shape index (κ3) is 2.32. The first-order valence-electron chi connectivity index (χ1n) is 3.64. The first-order valence-corrected chi connectivity index (χ1v) is 3.64. The summed E-state index contributed by atoms with van der Waals surface area (Å²) in [6.07, 6.45) is 3.78. The lowest BCUT2D eigenvalue weighted by molar-refractivity contribution is -0.119. The van der Waals surface area contributed by atoms with Crippen LogP contribution in [0.15, 0.2) is 24.5 Å². The lowest BCUT2D eigenvalue weighted by Crippen LogP contribution is -2.38. The van der Waals surface area contributed by atoms with E-state index in [0.29, 0.717) is 6.42 Å². The molecule has 1 heterocycles. The quantitative estimate of drug-likeness (QED) is 0.629. The molecule has 0 aliphatic heterocycles. The average Bonchev–Trinajstić information content (AvgIpc) is 2.06. The number of hydrogen-bond acceptors (Lipinski definition) is 3. The van der Waals surface area contributed by atoms with Crippen molar-refractivity contribution in [2.24, 2.45) is 11.5 Å². The average molecular weight is 165 g/mol. The molecule has 0 saturated carbocycles. The Morgan fingerprint density at radius 2 is 2.42 bits per heavy atom. The van der Waals surface area contributed by atoms with E-state index < -0.39 is 11.9 Å². The normalized spacial score (nSPS) is 12.4. The molecule has 1 unspecified atom stereocenters. The molecule has 0 spiro atoms.